The first-order valence-corrected chi connectivity index (χ1v) is 14.9. The summed E-state index contributed by atoms with van der Waals surface area (Å²) >= 11 is 0. The van der Waals surface area contributed by atoms with Crippen molar-refractivity contribution in [2.24, 2.45) is 0 Å². The number of fused-ring (bicyclic) bond motifs is 1. The van der Waals surface area contributed by atoms with E-state index in [1.807, 2.05) is 55.5 Å². The van der Waals surface area contributed by atoms with Gasteiger partial charge in [0.2, 0.25) is 17.7 Å². The average Bonchev–Trinajstić information content (AvgIpc) is 3.01. The van der Waals surface area contributed by atoms with Gasteiger partial charge < -0.3 is 26.4 Å². The number of benzene rings is 3. The number of aryl methyl sites for hydroxylation is 2. The van der Waals surface area contributed by atoms with Crippen LogP contribution in [-0.2, 0) is 19.2 Å². The predicted octanol–water partition coefficient (Wildman–Crippen LogP) is 4.66. The second kappa shape index (κ2) is 15.5. The third kappa shape index (κ3) is 9.37. The lowest BCUT2D eigenvalue weighted by Gasteiger charge is -2.20. The van der Waals surface area contributed by atoms with Gasteiger partial charge in [-0.15, -0.1) is 0 Å². The van der Waals surface area contributed by atoms with Crippen molar-refractivity contribution in [3.05, 3.63) is 95.7 Å². The first kappa shape index (κ1) is 32.7. The van der Waals surface area contributed by atoms with Gasteiger partial charge in [0.05, 0.1) is 19.0 Å². The molecule has 4 aromatic rings. The molecule has 3 aromatic carbocycles. The monoisotopic (exact) mass is 609 g/mol. The topological polar surface area (TPSA) is 150 Å². The Morgan fingerprint density at radius 3 is 2.31 bits per heavy atom. The number of nitrogens with zero attached hydrogens (tertiary/aromatic N) is 1. The SMILES string of the molecule is CC(=O)NC(CCCNc1cc(C)ccn1)C(=O)NCC(=O)N[C@@H](CC(=O)O)c1ccc(-c2ccc(C)c3ccccc23)cc1. The van der Waals surface area contributed by atoms with E-state index >= 15 is 0 Å². The first-order chi connectivity index (χ1) is 21.6. The quantitative estimate of drug-likeness (QED) is 0.131. The summed E-state index contributed by atoms with van der Waals surface area (Å²) in [7, 11) is 0. The van der Waals surface area contributed by atoms with E-state index in [9.17, 15) is 24.3 Å². The highest BCUT2D eigenvalue weighted by Crippen LogP contribution is 2.31. The minimum absolute atomic E-state index is 0.330. The number of carbonyl (C=O) groups excluding carboxylic acids is 3. The van der Waals surface area contributed by atoms with Crippen molar-refractivity contribution in [2.75, 3.05) is 18.4 Å². The third-order valence-corrected chi connectivity index (χ3v) is 7.49. The molecule has 4 rings (SSSR count). The average molecular weight is 610 g/mol. The van der Waals surface area contributed by atoms with E-state index in [1.54, 1.807) is 6.20 Å². The van der Waals surface area contributed by atoms with Crippen LogP contribution in [0.5, 0.6) is 0 Å². The van der Waals surface area contributed by atoms with Crippen molar-refractivity contribution in [3.63, 3.8) is 0 Å². The van der Waals surface area contributed by atoms with Gasteiger partial charge in [-0.25, -0.2) is 4.98 Å². The van der Waals surface area contributed by atoms with E-state index in [-0.39, 0.29) is 18.9 Å². The fourth-order valence-electron chi connectivity index (χ4n) is 5.23. The van der Waals surface area contributed by atoms with E-state index in [0.717, 1.165) is 33.3 Å². The summed E-state index contributed by atoms with van der Waals surface area (Å²) in [4.78, 5) is 53.4. The lowest BCUT2D eigenvalue weighted by atomic mass is 9.94. The van der Waals surface area contributed by atoms with Gasteiger partial charge in [0.1, 0.15) is 11.9 Å². The largest absolute Gasteiger partial charge is 0.481 e. The van der Waals surface area contributed by atoms with Crippen molar-refractivity contribution in [3.8, 4) is 11.1 Å². The molecule has 45 heavy (non-hydrogen) atoms. The van der Waals surface area contributed by atoms with Gasteiger partial charge in [-0.05, 0) is 77.4 Å². The zero-order valence-electron chi connectivity index (χ0n) is 25.7. The molecular formula is C35H39N5O5. The maximum Gasteiger partial charge on any atom is 0.305 e. The van der Waals surface area contributed by atoms with E-state index in [4.69, 9.17) is 0 Å². The fraction of sp³-hybridized carbons (Fsp3) is 0.286. The van der Waals surface area contributed by atoms with E-state index in [0.29, 0.717) is 24.9 Å². The van der Waals surface area contributed by atoms with Gasteiger partial charge in [0.15, 0.2) is 0 Å². The van der Waals surface area contributed by atoms with Gasteiger partial charge in [-0.2, -0.15) is 0 Å². The Kier molecular flexibility index (Phi) is 11.2. The molecule has 3 amide bonds. The highest BCUT2D eigenvalue weighted by Gasteiger charge is 2.22. The summed E-state index contributed by atoms with van der Waals surface area (Å²) in [6.45, 7) is 5.53. The normalized spacial score (nSPS) is 12.2. The van der Waals surface area contributed by atoms with Crippen molar-refractivity contribution >= 4 is 40.3 Å². The maximum atomic E-state index is 12.9. The minimum Gasteiger partial charge on any atom is -0.481 e. The molecule has 1 aromatic heterocycles. The van der Waals surface area contributed by atoms with Gasteiger partial charge in [0, 0.05) is 19.7 Å². The molecule has 0 aliphatic carbocycles. The Bertz CT molecular complexity index is 1670. The van der Waals surface area contributed by atoms with Crippen LogP contribution in [0.2, 0.25) is 0 Å². The highest BCUT2D eigenvalue weighted by atomic mass is 16.4. The summed E-state index contributed by atoms with van der Waals surface area (Å²) in [5, 5.41) is 22.9. The fourth-order valence-corrected chi connectivity index (χ4v) is 5.23. The van der Waals surface area contributed by atoms with Crippen LogP contribution < -0.4 is 21.3 Å². The minimum atomic E-state index is -1.07. The number of carboxylic acid groups (broad SMARTS) is 1. The van der Waals surface area contributed by atoms with Crippen LogP contribution in [0.1, 0.15) is 48.9 Å². The number of aromatic nitrogens is 1. The van der Waals surface area contributed by atoms with Gasteiger partial charge in [0.25, 0.3) is 0 Å². The molecule has 0 aliphatic heterocycles. The molecule has 2 atom stereocenters. The first-order valence-electron chi connectivity index (χ1n) is 14.9. The van der Waals surface area contributed by atoms with Crippen molar-refractivity contribution < 1.29 is 24.3 Å². The number of hydrogen-bond acceptors (Lipinski definition) is 6. The number of rotatable bonds is 14. The lowest BCUT2D eigenvalue weighted by Crippen LogP contribution is -2.49. The standard InChI is InChI=1S/C35H39N5O5/c1-22-16-18-37-32(19-22)36-17-6-9-30(39-24(3)41)35(45)38-21-33(42)40-31(20-34(43)44)26-13-11-25(12-14-26)28-15-10-23(2)27-7-4-5-8-29(27)28/h4-5,7-8,10-16,18-19,30-31H,6,9,17,20-21H2,1-3H3,(H,36,37)(H,38,45)(H,39,41)(H,40,42)(H,43,44)/t30?,31-/m0/s1. The maximum absolute atomic E-state index is 12.9. The zero-order valence-corrected chi connectivity index (χ0v) is 25.7. The Labute approximate surface area is 262 Å². The summed E-state index contributed by atoms with van der Waals surface area (Å²) < 4.78 is 0. The number of carbonyl (C=O) groups is 4. The van der Waals surface area contributed by atoms with E-state index < -0.39 is 29.9 Å². The van der Waals surface area contributed by atoms with Crippen LogP contribution in [0.25, 0.3) is 21.9 Å². The zero-order chi connectivity index (χ0) is 32.3. The Hall–Kier alpha value is -5.25. The number of aliphatic carboxylic acids is 1. The van der Waals surface area contributed by atoms with Crippen molar-refractivity contribution in [1.82, 2.24) is 20.9 Å². The number of nitrogens with one attached hydrogen (secondary N) is 4. The molecule has 234 valence electrons. The smallest absolute Gasteiger partial charge is 0.305 e. The Morgan fingerprint density at radius 2 is 1.62 bits per heavy atom. The summed E-state index contributed by atoms with van der Waals surface area (Å²) in [6, 6.07) is 21.9. The van der Waals surface area contributed by atoms with Crippen molar-refractivity contribution in [2.45, 2.75) is 52.1 Å². The van der Waals surface area contributed by atoms with Crippen LogP contribution >= 0.6 is 0 Å². The molecule has 10 heteroatoms. The molecule has 10 nitrogen and oxygen atoms in total. The molecular weight excluding hydrogens is 570 g/mol. The van der Waals surface area contributed by atoms with Gasteiger partial charge in [-0.3, -0.25) is 19.2 Å². The van der Waals surface area contributed by atoms with E-state index in [2.05, 4.69) is 57.4 Å². The number of anilines is 1. The molecule has 0 aliphatic rings. The third-order valence-electron chi connectivity index (χ3n) is 7.49. The van der Waals surface area contributed by atoms with Crippen LogP contribution in [0, 0.1) is 13.8 Å². The second-order valence-corrected chi connectivity index (χ2v) is 11.1. The molecule has 0 saturated heterocycles. The molecule has 0 saturated carbocycles. The summed E-state index contributed by atoms with van der Waals surface area (Å²) in [6.07, 6.45) is 2.29. The summed E-state index contributed by atoms with van der Waals surface area (Å²) in [5.41, 5.74) is 4.90. The summed E-state index contributed by atoms with van der Waals surface area (Å²) in [5.74, 6) is -1.76. The number of hydrogen-bond donors (Lipinski definition) is 5. The Morgan fingerprint density at radius 1 is 0.889 bits per heavy atom. The second-order valence-electron chi connectivity index (χ2n) is 11.1. The highest BCUT2D eigenvalue weighted by molar-refractivity contribution is 5.98. The predicted molar refractivity (Wildman–Crippen MR) is 175 cm³/mol. The lowest BCUT2D eigenvalue weighted by molar-refractivity contribution is -0.138. The van der Waals surface area contributed by atoms with Crippen LogP contribution in [0.15, 0.2) is 79.0 Å². The molecule has 5 N–H and O–H groups in total. The molecule has 0 fully saturated rings. The van der Waals surface area contributed by atoms with Crippen molar-refractivity contribution in [1.29, 1.82) is 0 Å². The molecule has 1 unspecified atom stereocenters. The van der Waals surface area contributed by atoms with Crippen LogP contribution in [0.3, 0.4) is 0 Å². The molecule has 0 spiro atoms. The number of pyridine rings is 1. The molecule has 0 radical (unpaired) electrons. The van der Waals surface area contributed by atoms with Gasteiger partial charge >= 0.3 is 5.97 Å². The molecule has 1 heterocycles. The van der Waals surface area contributed by atoms with Crippen LogP contribution in [-0.4, -0.2) is 52.9 Å². The number of carboxylic acids is 1. The Balaban J connectivity index is 1.35. The molecule has 0 bridgehead atoms. The van der Waals surface area contributed by atoms with Crippen LogP contribution in [0.4, 0.5) is 5.82 Å². The number of amides is 3. The van der Waals surface area contributed by atoms with E-state index in [1.165, 1.54) is 12.5 Å². The van der Waals surface area contributed by atoms with Gasteiger partial charge in [-0.1, -0.05) is 60.7 Å².